The van der Waals surface area contributed by atoms with Gasteiger partial charge in [-0.3, -0.25) is 14.7 Å². The van der Waals surface area contributed by atoms with Crippen LogP contribution in [0.15, 0.2) is 24.4 Å². The number of aromatic nitrogens is 1. The van der Waals surface area contributed by atoms with E-state index in [4.69, 9.17) is 4.74 Å². The molecule has 1 N–H and O–H groups in total. The van der Waals surface area contributed by atoms with Crippen LogP contribution >= 0.6 is 0 Å². The van der Waals surface area contributed by atoms with Crippen molar-refractivity contribution in [1.82, 2.24) is 15.2 Å². The Morgan fingerprint density at radius 2 is 2.23 bits per heavy atom. The molecule has 1 fully saturated rings. The van der Waals surface area contributed by atoms with Gasteiger partial charge in [0.15, 0.2) is 0 Å². The van der Waals surface area contributed by atoms with Crippen LogP contribution in [0.5, 0.6) is 0 Å². The van der Waals surface area contributed by atoms with Gasteiger partial charge in [0.05, 0.1) is 13.2 Å². The lowest BCUT2D eigenvalue weighted by Crippen LogP contribution is -2.42. The van der Waals surface area contributed by atoms with Crippen molar-refractivity contribution in [3.05, 3.63) is 30.1 Å². The Morgan fingerprint density at radius 3 is 2.95 bits per heavy atom. The zero-order chi connectivity index (χ0) is 15.6. The monoisotopic (exact) mass is 305 g/mol. The van der Waals surface area contributed by atoms with Crippen molar-refractivity contribution >= 4 is 5.91 Å². The van der Waals surface area contributed by atoms with Gasteiger partial charge in [-0.05, 0) is 38.3 Å². The summed E-state index contributed by atoms with van der Waals surface area (Å²) in [5, 5.41) is 3.00. The topological polar surface area (TPSA) is 54.5 Å². The fraction of sp³-hybridized carbons (Fsp3) is 0.647. The molecule has 122 valence electrons. The van der Waals surface area contributed by atoms with E-state index in [0.717, 1.165) is 57.8 Å². The second kappa shape index (κ2) is 9.54. The van der Waals surface area contributed by atoms with E-state index in [0.29, 0.717) is 12.5 Å². The van der Waals surface area contributed by atoms with Crippen molar-refractivity contribution in [1.29, 1.82) is 0 Å². The Morgan fingerprint density at radius 1 is 1.41 bits per heavy atom. The highest BCUT2D eigenvalue weighted by Gasteiger charge is 2.17. The van der Waals surface area contributed by atoms with Gasteiger partial charge >= 0.3 is 0 Å². The number of amides is 1. The van der Waals surface area contributed by atoms with Crippen molar-refractivity contribution in [3.8, 4) is 0 Å². The number of nitrogens with one attached hydrogen (secondary N) is 1. The highest BCUT2D eigenvalue weighted by molar-refractivity contribution is 5.75. The van der Waals surface area contributed by atoms with Crippen molar-refractivity contribution in [2.75, 3.05) is 32.8 Å². The first-order valence-electron chi connectivity index (χ1n) is 8.24. The Kier molecular flexibility index (Phi) is 7.33. The first kappa shape index (κ1) is 16.9. The summed E-state index contributed by atoms with van der Waals surface area (Å²) in [6, 6.07) is 6.38. The summed E-state index contributed by atoms with van der Waals surface area (Å²) >= 11 is 0. The summed E-state index contributed by atoms with van der Waals surface area (Å²) in [5.41, 5.74) is 1.08. The number of nitrogens with zero attached hydrogens (tertiary/aromatic N) is 2. The van der Waals surface area contributed by atoms with E-state index >= 15 is 0 Å². The fourth-order valence-corrected chi connectivity index (χ4v) is 2.67. The van der Waals surface area contributed by atoms with E-state index in [9.17, 15) is 4.79 Å². The molecule has 1 aromatic heterocycles. The number of aryl methyl sites for hydroxylation is 1. The van der Waals surface area contributed by atoms with Crippen LogP contribution < -0.4 is 5.32 Å². The molecule has 0 aromatic carbocycles. The van der Waals surface area contributed by atoms with Gasteiger partial charge < -0.3 is 10.1 Å². The molecule has 22 heavy (non-hydrogen) atoms. The maximum atomic E-state index is 11.9. The molecule has 1 aromatic rings. The predicted octanol–water partition coefficient (Wildman–Crippen LogP) is 1.63. The number of ether oxygens (including phenoxy) is 1. The minimum absolute atomic E-state index is 0.154. The highest BCUT2D eigenvalue weighted by Crippen LogP contribution is 2.09. The van der Waals surface area contributed by atoms with E-state index in [1.807, 2.05) is 18.2 Å². The lowest BCUT2D eigenvalue weighted by atomic mass is 10.1. The average Bonchev–Trinajstić information content (AvgIpc) is 2.58. The third-order valence-corrected chi connectivity index (χ3v) is 4.12. The lowest BCUT2D eigenvalue weighted by molar-refractivity contribution is -0.121. The number of carbonyl (C=O) groups excluding carboxylic acids is 1. The lowest BCUT2D eigenvalue weighted by Gasteiger charge is -2.32. The van der Waals surface area contributed by atoms with Crippen molar-refractivity contribution in [2.24, 2.45) is 0 Å². The van der Waals surface area contributed by atoms with Gasteiger partial charge in [-0.25, -0.2) is 0 Å². The van der Waals surface area contributed by atoms with Crippen LogP contribution in [0.25, 0.3) is 0 Å². The molecule has 0 radical (unpaired) electrons. The van der Waals surface area contributed by atoms with Crippen molar-refractivity contribution in [3.63, 3.8) is 0 Å². The summed E-state index contributed by atoms with van der Waals surface area (Å²) in [6.07, 6.45) is 5.15. The molecule has 0 spiro atoms. The predicted molar refractivity (Wildman–Crippen MR) is 86.7 cm³/mol. The normalized spacial score (nSPS) is 17.1. The molecule has 2 heterocycles. The molecular formula is C17H27N3O2. The number of hydrogen-bond donors (Lipinski definition) is 1. The number of rotatable bonds is 8. The molecule has 5 heteroatoms. The first-order chi connectivity index (χ1) is 10.8. The summed E-state index contributed by atoms with van der Waals surface area (Å²) < 4.78 is 5.35. The van der Waals surface area contributed by atoms with Gasteiger partial charge in [0.1, 0.15) is 0 Å². The highest BCUT2D eigenvalue weighted by atomic mass is 16.5. The second-order valence-corrected chi connectivity index (χ2v) is 5.81. The number of hydrogen-bond acceptors (Lipinski definition) is 4. The van der Waals surface area contributed by atoms with Crippen LogP contribution in [0.1, 0.15) is 31.9 Å². The number of morpholine rings is 1. The molecule has 1 aliphatic heterocycles. The van der Waals surface area contributed by atoms with Crippen LogP contribution in [-0.2, 0) is 16.0 Å². The van der Waals surface area contributed by atoms with Gasteiger partial charge in [-0.2, -0.15) is 0 Å². The molecule has 2 rings (SSSR count). The van der Waals surface area contributed by atoms with Gasteiger partial charge in [-0.15, -0.1) is 0 Å². The molecule has 1 aliphatic rings. The molecule has 0 bridgehead atoms. The standard InChI is InChI=1S/C17H27N3O2/c1-15(20-11-13-22-14-12-20)7-8-17(21)19-10-4-6-16-5-2-3-9-18-16/h2-3,5,9,15H,4,6-8,10-14H2,1H3,(H,19,21). The Bertz CT molecular complexity index is 433. The SMILES string of the molecule is CC(CCC(=O)NCCCc1ccccn1)N1CCOCC1. The van der Waals surface area contributed by atoms with E-state index in [-0.39, 0.29) is 5.91 Å². The van der Waals surface area contributed by atoms with Crippen LogP contribution in [0.3, 0.4) is 0 Å². The smallest absolute Gasteiger partial charge is 0.220 e. The number of carbonyl (C=O) groups is 1. The van der Waals surface area contributed by atoms with E-state index in [1.54, 1.807) is 6.20 Å². The largest absolute Gasteiger partial charge is 0.379 e. The molecule has 0 saturated carbocycles. The van der Waals surface area contributed by atoms with Crippen LogP contribution in [-0.4, -0.2) is 54.7 Å². The molecule has 1 amide bonds. The zero-order valence-electron chi connectivity index (χ0n) is 13.5. The molecular weight excluding hydrogens is 278 g/mol. The zero-order valence-corrected chi connectivity index (χ0v) is 13.5. The molecule has 5 nitrogen and oxygen atoms in total. The quantitative estimate of drug-likeness (QED) is 0.742. The Labute approximate surface area is 133 Å². The molecule has 0 aliphatic carbocycles. The van der Waals surface area contributed by atoms with Crippen LogP contribution in [0.2, 0.25) is 0 Å². The molecule has 1 atom stereocenters. The fourth-order valence-electron chi connectivity index (χ4n) is 2.67. The van der Waals surface area contributed by atoms with Crippen molar-refractivity contribution < 1.29 is 9.53 Å². The summed E-state index contributed by atoms with van der Waals surface area (Å²) in [4.78, 5) is 18.6. The molecule has 1 unspecified atom stereocenters. The Balaban J connectivity index is 1.54. The third-order valence-electron chi connectivity index (χ3n) is 4.12. The minimum Gasteiger partial charge on any atom is -0.379 e. The van der Waals surface area contributed by atoms with Crippen LogP contribution in [0.4, 0.5) is 0 Å². The maximum absolute atomic E-state index is 11.9. The molecule has 1 saturated heterocycles. The van der Waals surface area contributed by atoms with E-state index < -0.39 is 0 Å². The van der Waals surface area contributed by atoms with E-state index in [2.05, 4.69) is 22.1 Å². The van der Waals surface area contributed by atoms with Crippen molar-refractivity contribution in [2.45, 2.75) is 38.6 Å². The van der Waals surface area contributed by atoms with Crippen LogP contribution in [0, 0.1) is 0 Å². The van der Waals surface area contributed by atoms with Gasteiger partial charge in [0, 0.05) is 44.0 Å². The summed E-state index contributed by atoms with van der Waals surface area (Å²) in [5.74, 6) is 0.154. The third kappa shape index (κ3) is 6.12. The second-order valence-electron chi connectivity index (χ2n) is 5.81. The number of pyridine rings is 1. The van der Waals surface area contributed by atoms with Gasteiger partial charge in [-0.1, -0.05) is 6.07 Å². The average molecular weight is 305 g/mol. The summed E-state index contributed by atoms with van der Waals surface area (Å²) in [6.45, 7) is 6.49. The maximum Gasteiger partial charge on any atom is 0.220 e. The van der Waals surface area contributed by atoms with Gasteiger partial charge in [0.2, 0.25) is 5.91 Å². The first-order valence-corrected chi connectivity index (χ1v) is 8.24. The summed E-state index contributed by atoms with van der Waals surface area (Å²) in [7, 11) is 0. The Hall–Kier alpha value is -1.46. The minimum atomic E-state index is 0.154. The van der Waals surface area contributed by atoms with E-state index in [1.165, 1.54) is 0 Å². The van der Waals surface area contributed by atoms with Gasteiger partial charge in [0.25, 0.3) is 0 Å².